The number of halogens is 1. The van der Waals surface area contributed by atoms with E-state index in [9.17, 15) is 0 Å². The Morgan fingerprint density at radius 2 is 2.35 bits per heavy atom. The zero-order chi connectivity index (χ0) is 12.3. The molecule has 0 radical (unpaired) electrons. The maximum absolute atomic E-state index is 8.82. The Kier molecular flexibility index (Phi) is 3.77. The van der Waals surface area contributed by atoms with Crippen molar-refractivity contribution in [2.75, 3.05) is 5.32 Å². The summed E-state index contributed by atoms with van der Waals surface area (Å²) >= 11 is 5.01. The second kappa shape index (κ2) is 5.30. The van der Waals surface area contributed by atoms with Crippen molar-refractivity contribution < 1.29 is 0 Å². The number of nitrogens with one attached hydrogen (secondary N) is 1. The van der Waals surface area contributed by atoms with E-state index in [1.165, 1.54) is 4.88 Å². The Bertz CT molecular complexity index is 571. The van der Waals surface area contributed by atoms with Crippen LogP contribution in [0.1, 0.15) is 16.1 Å². The van der Waals surface area contributed by atoms with Crippen LogP contribution in [0.2, 0.25) is 0 Å². The van der Waals surface area contributed by atoms with E-state index >= 15 is 0 Å². The summed E-state index contributed by atoms with van der Waals surface area (Å²) in [6, 6.07) is 7.73. The third-order valence-electron chi connectivity index (χ3n) is 2.39. The first-order valence-corrected chi connectivity index (χ1v) is 6.70. The first-order valence-electron chi connectivity index (χ1n) is 5.03. The summed E-state index contributed by atoms with van der Waals surface area (Å²) in [5, 5.41) is 12.1. The van der Waals surface area contributed by atoms with Gasteiger partial charge in [0.05, 0.1) is 23.3 Å². The van der Waals surface area contributed by atoms with Gasteiger partial charge in [-0.3, -0.25) is 0 Å². The molecule has 17 heavy (non-hydrogen) atoms. The quantitative estimate of drug-likeness (QED) is 0.940. The number of benzene rings is 1. The molecule has 2 rings (SSSR count). The highest BCUT2D eigenvalue weighted by Gasteiger charge is 2.03. The van der Waals surface area contributed by atoms with Crippen LogP contribution in [-0.4, -0.2) is 4.98 Å². The summed E-state index contributed by atoms with van der Waals surface area (Å²) in [6.07, 6.45) is 0. The molecule has 0 saturated heterocycles. The lowest BCUT2D eigenvalue weighted by Gasteiger charge is -2.06. The van der Waals surface area contributed by atoms with Crippen molar-refractivity contribution in [1.82, 2.24) is 4.98 Å². The van der Waals surface area contributed by atoms with Gasteiger partial charge in [-0.1, -0.05) is 0 Å². The number of anilines is 1. The number of hydrogen-bond donors (Lipinski definition) is 1. The second-order valence-corrected chi connectivity index (χ2v) is 5.31. The van der Waals surface area contributed by atoms with Gasteiger partial charge in [-0.05, 0) is 41.1 Å². The Hall–Kier alpha value is -1.38. The Morgan fingerprint density at radius 3 is 2.94 bits per heavy atom. The first-order chi connectivity index (χ1) is 8.20. The van der Waals surface area contributed by atoms with Gasteiger partial charge in [0.1, 0.15) is 6.07 Å². The summed E-state index contributed by atoms with van der Waals surface area (Å²) in [7, 11) is 0. The van der Waals surface area contributed by atoms with Gasteiger partial charge in [-0.15, -0.1) is 11.3 Å². The number of nitrogens with zero attached hydrogens (tertiary/aromatic N) is 2. The molecule has 0 amide bonds. The average molecular weight is 308 g/mol. The van der Waals surface area contributed by atoms with Crippen molar-refractivity contribution in [2.45, 2.75) is 13.5 Å². The molecule has 0 bridgehead atoms. The number of aryl methyl sites for hydroxylation is 1. The van der Waals surface area contributed by atoms with Crippen LogP contribution >= 0.6 is 27.3 Å². The van der Waals surface area contributed by atoms with E-state index in [1.807, 2.05) is 24.6 Å². The highest BCUT2D eigenvalue weighted by Crippen LogP contribution is 2.22. The molecule has 1 aromatic carbocycles. The van der Waals surface area contributed by atoms with Crippen molar-refractivity contribution in [2.24, 2.45) is 0 Å². The van der Waals surface area contributed by atoms with Crippen molar-refractivity contribution >= 4 is 33.0 Å². The molecule has 0 aliphatic rings. The van der Waals surface area contributed by atoms with E-state index < -0.39 is 0 Å². The number of hydrogen-bond acceptors (Lipinski definition) is 4. The Labute approximate surface area is 112 Å². The zero-order valence-corrected chi connectivity index (χ0v) is 11.6. The molecule has 0 spiro atoms. The van der Waals surface area contributed by atoms with Crippen LogP contribution in [0.3, 0.4) is 0 Å². The van der Waals surface area contributed by atoms with E-state index in [4.69, 9.17) is 5.26 Å². The lowest BCUT2D eigenvalue weighted by atomic mass is 10.2. The highest BCUT2D eigenvalue weighted by molar-refractivity contribution is 9.10. The van der Waals surface area contributed by atoms with Crippen LogP contribution in [0.25, 0.3) is 0 Å². The van der Waals surface area contributed by atoms with Gasteiger partial charge in [0, 0.05) is 15.0 Å². The lowest BCUT2D eigenvalue weighted by molar-refractivity contribution is 1.12. The molecular formula is C12H10BrN3S. The molecule has 0 atom stereocenters. The third-order valence-corrected chi connectivity index (χ3v) is 3.98. The fourth-order valence-electron chi connectivity index (χ4n) is 1.39. The maximum atomic E-state index is 8.82. The number of aromatic nitrogens is 1. The van der Waals surface area contributed by atoms with E-state index in [-0.39, 0.29) is 0 Å². The molecule has 0 aliphatic carbocycles. The predicted octanol–water partition coefficient (Wildman–Crippen LogP) is 3.70. The van der Waals surface area contributed by atoms with Crippen LogP contribution in [0, 0.1) is 18.3 Å². The standard InChI is InChI=1S/C12H10BrN3S/c1-8-12(17-7-16-8)6-15-10-3-2-9(5-14)11(13)4-10/h2-4,7,15H,6H2,1H3. The van der Waals surface area contributed by atoms with Gasteiger partial charge in [0.2, 0.25) is 0 Å². The van der Waals surface area contributed by atoms with Crippen molar-refractivity contribution in [3.63, 3.8) is 0 Å². The van der Waals surface area contributed by atoms with Crippen LogP contribution in [0.5, 0.6) is 0 Å². The van der Waals surface area contributed by atoms with Crippen LogP contribution in [-0.2, 0) is 6.54 Å². The van der Waals surface area contributed by atoms with Gasteiger partial charge >= 0.3 is 0 Å². The summed E-state index contributed by atoms with van der Waals surface area (Å²) in [5.74, 6) is 0. The molecule has 1 aromatic heterocycles. The van der Waals surface area contributed by atoms with Crippen molar-refractivity contribution in [3.05, 3.63) is 44.3 Å². The SMILES string of the molecule is Cc1ncsc1CNc1ccc(C#N)c(Br)c1. The second-order valence-electron chi connectivity index (χ2n) is 3.52. The summed E-state index contributed by atoms with van der Waals surface area (Å²) < 4.78 is 0.811. The molecule has 0 fully saturated rings. The molecule has 1 heterocycles. The Balaban J connectivity index is 2.08. The minimum absolute atomic E-state index is 0.643. The molecule has 0 unspecified atom stereocenters. The van der Waals surface area contributed by atoms with E-state index in [0.29, 0.717) is 5.56 Å². The molecule has 86 valence electrons. The van der Waals surface area contributed by atoms with Crippen LogP contribution in [0.15, 0.2) is 28.2 Å². The predicted molar refractivity (Wildman–Crippen MR) is 73.0 cm³/mol. The first kappa shape index (κ1) is 12.1. The zero-order valence-electron chi connectivity index (χ0n) is 9.20. The largest absolute Gasteiger partial charge is 0.380 e. The van der Waals surface area contributed by atoms with Crippen LogP contribution in [0.4, 0.5) is 5.69 Å². The van der Waals surface area contributed by atoms with Gasteiger partial charge in [0.15, 0.2) is 0 Å². The van der Waals surface area contributed by atoms with Crippen molar-refractivity contribution in [3.8, 4) is 6.07 Å². The molecule has 5 heteroatoms. The topological polar surface area (TPSA) is 48.7 Å². The van der Waals surface area contributed by atoms with Gasteiger partial charge < -0.3 is 5.32 Å². The molecule has 1 N–H and O–H groups in total. The number of nitriles is 1. The van der Waals surface area contributed by atoms with Crippen LogP contribution < -0.4 is 5.32 Å². The molecule has 2 aromatic rings. The summed E-state index contributed by atoms with van der Waals surface area (Å²) in [4.78, 5) is 5.43. The van der Waals surface area contributed by atoms with E-state index in [0.717, 1.165) is 22.4 Å². The highest BCUT2D eigenvalue weighted by atomic mass is 79.9. The van der Waals surface area contributed by atoms with Gasteiger partial charge in [0.25, 0.3) is 0 Å². The molecule has 3 nitrogen and oxygen atoms in total. The minimum Gasteiger partial charge on any atom is -0.380 e. The smallest absolute Gasteiger partial charge is 0.100 e. The Morgan fingerprint density at radius 1 is 1.53 bits per heavy atom. The fraction of sp³-hybridized carbons (Fsp3) is 0.167. The normalized spacial score (nSPS) is 9.94. The third kappa shape index (κ3) is 2.84. The summed E-state index contributed by atoms with van der Waals surface area (Å²) in [5.41, 5.74) is 4.55. The average Bonchev–Trinajstić information content (AvgIpc) is 2.72. The molecular weight excluding hydrogens is 298 g/mol. The number of rotatable bonds is 3. The van der Waals surface area contributed by atoms with Gasteiger partial charge in [-0.25, -0.2) is 4.98 Å². The number of thiazole rings is 1. The van der Waals surface area contributed by atoms with E-state index in [1.54, 1.807) is 17.4 Å². The molecule has 0 saturated carbocycles. The lowest BCUT2D eigenvalue weighted by Crippen LogP contribution is -1.99. The summed E-state index contributed by atoms with van der Waals surface area (Å²) in [6.45, 7) is 2.76. The fourth-order valence-corrected chi connectivity index (χ4v) is 2.58. The maximum Gasteiger partial charge on any atom is 0.100 e. The minimum atomic E-state index is 0.643. The van der Waals surface area contributed by atoms with Crippen molar-refractivity contribution in [1.29, 1.82) is 5.26 Å². The van der Waals surface area contributed by atoms with E-state index in [2.05, 4.69) is 32.3 Å². The molecule has 0 aliphatic heterocycles. The van der Waals surface area contributed by atoms with Gasteiger partial charge in [-0.2, -0.15) is 5.26 Å². The monoisotopic (exact) mass is 307 g/mol.